The molecule has 0 bridgehead atoms. The van der Waals surface area contributed by atoms with Gasteiger partial charge >= 0.3 is 0 Å². The molecular weight excluding hydrogens is 250 g/mol. The minimum absolute atomic E-state index is 0.148. The van der Waals surface area contributed by atoms with Gasteiger partial charge in [0.1, 0.15) is 0 Å². The van der Waals surface area contributed by atoms with Crippen LogP contribution in [0.3, 0.4) is 0 Å². The number of benzene rings is 1. The lowest BCUT2D eigenvalue weighted by Gasteiger charge is -2.28. The Balaban J connectivity index is 1.83. The third kappa shape index (κ3) is 3.97. The molecule has 0 aromatic heterocycles. The van der Waals surface area contributed by atoms with E-state index in [9.17, 15) is 4.79 Å². The Labute approximate surface area is 121 Å². The fraction of sp³-hybridized carbons (Fsp3) is 0.562. The van der Waals surface area contributed by atoms with Crippen molar-refractivity contribution in [2.75, 3.05) is 39.1 Å². The maximum atomic E-state index is 12.1. The van der Waals surface area contributed by atoms with Crippen molar-refractivity contribution in [1.82, 2.24) is 10.2 Å². The van der Waals surface area contributed by atoms with Crippen molar-refractivity contribution in [2.45, 2.75) is 19.4 Å². The molecule has 110 valence electrons. The van der Waals surface area contributed by atoms with Gasteiger partial charge in [-0.2, -0.15) is 0 Å². The van der Waals surface area contributed by atoms with E-state index in [1.165, 1.54) is 5.69 Å². The second-order valence-corrected chi connectivity index (χ2v) is 5.88. The summed E-state index contributed by atoms with van der Waals surface area (Å²) in [6.07, 6.45) is 2.13. The molecule has 4 heteroatoms. The molecule has 1 fully saturated rings. The predicted molar refractivity (Wildman–Crippen MR) is 82.8 cm³/mol. The van der Waals surface area contributed by atoms with Gasteiger partial charge in [0, 0.05) is 32.9 Å². The summed E-state index contributed by atoms with van der Waals surface area (Å²) in [6.45, 7) is 2.61. The second-order valence-electron chi connectivity index (χ2n) is 5.88. The molecule has 1 saturated heterocycles. The zero-order valence-corrected chi connectivity index (χ0v) is 12.7. The Morgan fingerprint density at radius 3 is 2.65 bits per heavy atom. The molecule has 0 spiro atoms. The molecule has 1 aromatic carbocycles. The minimum Gasteiger partial charge on any atom is -0.378 e. The van der Waals surface area contributed by atoms with Crippen LogP contribution >= 0.6 is 0 Å². The van der Waals surface area contributed by atoms with Gasteiger partial charge in [-0.1, -0.05) is 12.1 Å². The molecule has 1 aliphatic heterocycles. The van der Waals surface area contributed by atoms with E-state index in [-0.39, 0.29) is 11.8 Å². The third-order valence-corrected chi connectivity index (χ3v) is 3.91. The van der Waals surface area contributed by atoms with Gasteiger partial charge in [-0.3, -0.25) is 4.79 Å². The van der Waals surface area contributed by atoms with Gasteiger partial charge in [0.25, 0.3) is 0 Å². The van der Waals surface area contributed by atoms with E-state index in [0.29, 0.717) is 6.54 Å². The maximum Gasteiger partial charge on any atom is 0.224 e. The molecule has 0 aliphatic carbocycles. The summed E-state index contributed by atoms with van der Waals surface area (Å²) in [5, 5.41) is 3.06. The average Bonchev–Trinajstić information content (AvgIpc) is 2.45. The van der Waals surface area contributed by atoms with E-state index in [0.717, 1.165) is 31.5 Å². The normalized spacial score (nSPS) is 19.6. The average molecular weight is 275 g/mol. The predicted octanol–water partition coefficient (Wildman–Crippen LogP) is 1.71. The van der Waals surface area contributed by atoms with Crippen molar-refractivity contribution in [3.8, 4) is 0 Å². The maximum absolute atomic E-state index is 12.1. The third-order valence-electron chi connectivity index (χ3n) is 3.91. The van der Waals surface area contributed by atoms with Crippen molar-refractivity contribution >= 4 is 11.6 Å². The first-order valence-electron chi connectivity index (χ1n) is 7.29. The Morgan fingerprint density at radius 2 is 2.05 bits per heavy atom. The number of hydrogen-bond acceptors (Lipinski definition) is 3. The number of piperidine rings is 1. The van der Waals surface area contributed by atoms with Crippen LogP contribution in [0.4, 0.5) is 5.69 Å². The molecule has 0 radical (unpaired) electrons. The van der Waals surface area contributed by atoms with Crippen molar-refractivity contribution in [2.24, 2.45) is 5.92 Å². The van der Waals surface area contributed by atoms with E-state index >= 15 is 0 Å². The van der Waals surface area contributed by atoms with Gasteiger partial charge in [-0.05, 0) is 44.1 Å². The first kappa shape index (κ1) is 14.9. The Bertz CT molecular complexity index is 442. The molecule has 1 heterocycles. The molecule has 1 amide bonds. The highest BCUT2D eigenvalue weighted by molar-refractivity contribution is 5.79. The molecule has 20 heavy (non-hydrogen) atoms. The van der Waals surface area contributed by atoms with Gasteiger partial charge < -0.3 is 15.1 Å². The summed E-state index contributed by atoms with van der Waals surface area (Å²) >= 11 is 0. The highest BCUT2D eigenvalue weighted by Crippen LogP contribution is 2.16. The largest absolute Gasteiger partial charge is 0.378 e. The lowest BCUT2D eigenvalue weighted by atomic mass is 9.97. The Hall–Kier alpha value is -1.55. The number of likely N-dealkylation sites (tertiary alicyclic amines) is 1. The van der Waals surface area contributed by atoms with Crippen LogP contribution < -0.4 is 10.2 Å². The summed E-state index contributed by atoms with van der Waals surface area (Å²) in [4.78, 5) is 16.5. The van der Waals surface area contributed by atoms with Gasteiger partial charge in [-0.25, -0.2) is 0 Å². The summed E-state index contributed by atoms with van der Waals surface area (Å²) in [6, 6.07) is 8.30. The van der Waals surface area contributed by atoms with Gasteiger partial charge in [0.2, 0.25) is 5.91 Å². The van der Waals surface area contributed by atoms with Crippen LogP contribution in [-0.4, -0.2) is 45.0 Å². The quantitative estimate of drug-likeness (QED) is 0.908. The van der Waals surface area contributed by atoms with Gasteiger partial charge in [0.15, 0.2) is 0 Å². The number of amides is 1. The lowest BCUT2D eigenvalue weighted by molar-refractivity contribution is -0.126. The van der Waals surface area contributed by atoms with E-state index in [1.54, 1.807) is 0 Å². The van der Waals surface area contributed by atoms with Crippen molar-refractivity contribution in [3.05, 3.63) is 29.8 Å². The van der Waals surface area contributed by atoms with Crippen LogP contribution in [0, 0.1) is 5.92 Å². The number of carbonyl (C=O) groups is 1. The molecule has 4 nitrogen and oxygen atoms in total. The van der Waals surface area contributed by atoms with Crippen LogP contribution in [0.15, 0.2) is 24.3 Å². The standard InChI is InChI=1S/C16H25N3O/c1-18(2)15-8-6-13(7-9-15)11-17-16(20)14-5-4-10-19(3)12-14/h6-9,14H,4-5,10-12H2,1-3H3,(H,17,20). The number of nitrogens with zero attached hydrogens (tertiary/aromatic N) is 2. The number of hydrogen-bond donors (Lipinski definition) is 1. The van der Waals surface area contributed by atoms with Crippen molar-refractivity contribution in [1.29, 1.82) is 0 Å². The zero-order valence-electron chi connectivity index (χ0n) is 12.7. The Morgan fingerprint density at radius 1 is 1.35 bits per heavy atom. The molecular formula is C16H25N3O. The topological polar surface area (TPSA) is 35.6 Å². The highest BCUT2D eigenvalue weighted by Gasteiger charge is 2.23. The molecule has 1 unspecified atom stereocenters. The fourth-order valence-corrected chi connectivity index (χ4v) is 2.63. The molecule has 0 saturated carbocycles. The number of rotatable bonds is 4. The van der Waals surface area contributed by atoms with E-state index in [1.807, 2.05) is 14.1 Å². The molecule has 1 aromatic rings. The van der Waals surface area contributed by atoms with Crippen LogP contribution in [0.1, 0.15) is 18.4 Å². The summed E-state index contributed by atoms with van der Waals surface area (Å²) < 4.78 is 0. The lowest BCUT2D eigenvalue weighted by Crippen LogP contribution is -2.41. The van der Waals surface area contributed by atoms with E-state index < -0.39 is 0 Å². The highest BCUT2D eigenvalue weighted by atomic mass is 16.1. The first-order valence-corrected chi connectivity index (χ1v) is 7.29. The SMILES string of the molecule is CN1CCCC(C(=O)NCc2ccc(N(C)C)cc2)C1. The monoisotopic (exact) mass is 275 g/mol. The summed E-state index contributed by atoms with van der Waals surface area (Å²) in [7, 11) is 6.13. The van der Waals surface area contributed by atoms with Crippen LogP contribution in [0.2, 0.25) is 0 Å². The Kier molecular flexibility index (Phi) is 5.01. The second kappa shape index (κ2) is 6.75. The molecule has 2 rings (SSSR count). The zero-order chi connectivity index (χ0) is 14.5. The number of anilines is 1. The molecule has 1 atom stereocenters. The smallest absolute Gasteiger partial charge is 0.224 e. The fourth-order valence-electron chi connectivity index (χ4n) is 2.63. The van der Waals surface area contributed by atoms with Crippen LogP contribution in [0.25, 0.3) is 0 Å². The summed E-state index contributed by atoms with van der Waals surface area (Å²) in [5.41, 5.74) is 2.32. The molecule has 1 N–H and O–H groups in total. The van der Waals surface area contributed by atoms with E-state index in [2.05, 4.69) is 46.4 Å². The van der Waals surface area contributed by atoms with E-state index in [4.69, 9.17) is 0 Å². The summed E-state index contributed by atoms with van der Waals surface area (Å²) in [5.74, 6) is 0.336. The van der Waals surface area contributed by atoms with Gasteiger partial charge in [-0.15, -0.1) is 0 Å². The molecule has 1 aliphatic rings. The van der Waals surface area contributed by atoms with Crippen LogP contribution in [0.5, 0.6) is 0 Å². The first-order chi connectivity index (χ1) is 9.56. The van der Waals surface area contributed by atoms with Crippen molar-refractivity contribution < 1.29 is 4.79 Å². The van der Waals surface area contributed by atoms with Crippen LogP contribution in [-0.2, 0) is 11.3 Å². The number of carbonyl (C=O) groups excluding carboxylic acids is 1. The van der Waals surface area contributed by atoms with Crippen molar-refractivity contribution in [3.63, 3.8) is 0 Å². The minimum atomic E-state index is 0.148. The number of nitrogens with one attached hydrogen (secondary N) is 1. The van der Waals surface area contributed by atoms with Gasteiger partial charge in [0.05, 0.1) is 5.92 Å².